The van der Waals surface area contributed by atoms with Crippen LogP contribution in [0, 0.1) is 20.8 Å². The maximum Gasteiger partial charge on any atom is 0.167 e. The van der Waals surface area contributed by atoms with Gasteiger partial charge in [0.05, 0.1) is 0 Å². The van der Waals surface area contributed by atoms with Crippen LogP contribution in [0.2, 0.25) is 5.02 Å². The fourth-order valence-corrected chi connectivity index (χ4v) is 2.77. The highest BCUT2D eigenvalue weighted by Crippen LogP contribution is 2.21. The standard InChI is InChI=1S/C17H18ClNO/c1-10-4-11(2)16(12(3)5-10)9-17(20)13-6-14(18)8-15(19)7-13/h4-8H,9,19H2,1-3H3. The Hall–Kier alpha value is -1.80. The average molecular weight is 288 g/mol. The summed E-state index contributed by atoms with van der Waals surface area (Å²) in [5.74, 6) is 0.0363. The van der Waals surface area contributed by atoms with E-state index in [4.69, 9.17) is 17.3 Å². The molecule has 0 aliphatic heterocycles. The summed E-state index contributed by atoms with van der Waals surface area (Å²) in [4.78, 5) is 12.4. The number of ketones is 1. The summed E-state index contributed by atoms with van der Waals surface area (Å²) in [6.45, 7) is 6.13. The van der Waals surface area contributed by atoms with Gasteiger partial charge in [-0.15, -0.1) is 0 Å². The number of aryl methyl sites for hydroxylation is 3. The Morgan fingerprint density at radius 1 is 1.05 bits per heavy atom. The Balaban J connectivity index is 2.32. The van der Waals surface area contributed by atoms with Crippen LogP contribution in [0.5, 0.6) is 0 Å². The molecule has 0 aliphatic rings. The van der Waals surface area contributed by atoms with Crippen molar-refractivity contribution in [3.63, 3.8) is 0 Å². The van der Waals surface area contributed by atoms with E-state index in [2.05, 4.69) is 19.1 Å². The van der Waals surface area contributed by atoms with Crippen molar-refractivity contribution in [2.45, 2.75) is 27.2 Å². The minimum Gasteiger partial charge on any atom is -0.399 e. The van der Waals surface area contributed by atoms with Crippen LogP contribution in [0.3, 0.4) is 0 Å². The molecule has 0 saturated heterocycles. The van der Waals surface area contributed by atoms with E-state index < -0.39 is 0 Å². The predicted octanol–water partition coefficient (Wildman–Crippen LogP) is 4.27. The highest BCUT2D eigenvalue weighted by molar-refractivity contribution is 6.31. The summed E-state index contributed by atoms with van der Waals surface area (Å²) < 4.78 is 0. The summed E-state index contributed by atoms with van der Waals surface area (Å²) in [7, 11) is 0. The molecular weight excluding hydrogens is 270 g/mol. The summed E-state index contributed by atoms with van der Waals surface area (Å²) in [6, 6.07) is 9.18. The minimum absolute atomic E-state index is 0.0363. The Morgan fingerprint density at radius 3 is 2.20 bits per heavy atom. The van der Waals surface area contributed by atoms with Crippen LogP contribution in [0.25, 0.3) is 0 Å². The molecule has 0 saturated carbocycles. The van der Waals surface area contributed by atoms with Crippen molar-refractivity contribution in [3.8, 4) is 0 Å². The van der Waals surface area contributed by atoms with Crippen LogP contribution in [0.4, 0.5) is 5.69 Å². The predicted molar refractivity (Wildman–Crippen MR) is 84.6 cm³/mol. The second kappa shape index (κ2) is 5.68. The fourth-order valence-electron chi connectivity index (χ4n) is 2.52. The highest BCUT2D eigenvalue weighted by atomic mass is 35.5. The van der Waals surface area contributed by atoms with E-state index in [1.165, 1.54) is 5.56 Å². The van der Waals surface area contributed by atoms with Crippen LogP contribution in [0.1, 0.15) is 32.6 Å². The number of anilines is 1. The van der Waals surface area contributed by atoms with Crippen LogP contribution in [0.15, 0.2) is 30.3 Å². The molecule has 0 atom stereocenters. The molecule has 0 unspecified atom stereocenters. The van der Waals surface area contributed by atoms with Gasteiger partial charge in [0, 0.05) is 22.7 Å². The molecule has 104 valence electrons. The molecule has 0 bridgehead atoms. The van der Waals surface area contributed by atoms with E-state index in [0.717, 1.165) is 16.7 Å². The van der Waals surface area contributed by atoms with Gasteiger partial charge in [-0.2, -0.15) is 0 Å². The number of rotatable bonds is 3. The van der Waals surface area contributed by atoms with Gasteiger partial charge in [0.15, 0.2) is 5.78 Å². The molecule has 0 aliphatic carbocycles. The van der Waals surface area contributed by atoms with E-state index in [1.54, 1.807) is 18.2 Å². The molecule has 3 heteroatoms. The van der Waals surface area contributed by atoms with Crippen LogP contribution < -0.4 is 5.73 Å². The van der Waals surface area contributed by atoms with Crippen molar-refractivity contribution < 1.29 is 4.79 Å². The number of carbonyl (C=O) groups excluding carboxylic acids is 1. The summed E-state index contributed by atoms with van der Waals surface area (Å²) in [6.07, 6.45) is 0.373. The number of hydrogen-bond donors (Lipinski definition) is 1. The monoisotopic (exact) mass is 287 g/mol. The first-order valence-corrected chi connectivity index (χ1v) is 6.90. The van der Waals surface area contributed by atoms with Gasteiger partial charge in [-0.05, 0) is 55.7 Å². The first-order chi connectivity index (χ1) is 9.36. The summed E-state index contributed by atoms with van der Waals surface area (Å²) >= 11 is 5.95. The zero-order valence-electron chi connectivity index (χ0n) is 12.0. The Bertz CT molecular complexity index is 633. The van der Waals surface area contributed by atoms with Crippen LogP contribution in [-0.4, -0.2) is 5.78 Å². The fraction of sp³-hybridized carbons (Fsp3) is 0.235. The first kappa shape index (κ1) is 14.6. The van der Waals surface area contributed by atoms with Gasteiger partial charge in [0.25, 0.3) is 0 Å². The van der Waals surface area contributed by atoms with Gasteiger partial charge in [-0.25, -0.2) is 0 Å². The van der Waals surface area contributed by atoms with E-state index in [1.807, 2.05) is 13.8 Å². The molecule has 2 N–H and O–H groups in total. The molecule has 20 heavy (non-hydrogen) atoms. The summed E-state index contributed by atoms with van der Waals surface area (Å²) in [5.41, 5.74) is 11.4. The molecule has 2 nitrogen and oxygen atoms in total. The largest absolute Gasteiger partial charge is 0.399 e. The van der Waals surface area contributed by atoms with Crippen LogP contribution in [-0.2, 0) is 6.42 Å². The Morgan fingerprint density at radius 2 is 1.65 bits per heavy atom. The quantitative estimate of drug-likeness (QED) is 0.676. The molecule has 0 spiro atoms. The van der Waals surface area contributed by atoms with Gasteiger partial charge in [0.2, 0.25) is 0 Å². The summed E-state index contributed by atoms with van der Waals surface area (Å²) in [5, 5.41) is 0.491. The first-order valence-electron chi connectivity index (χ1n) is 6.53. The lowest BCUT2D eigenvalue weighted by Crippen LogP contribution is -2.07. The molecule has 2 aromatic rings. The van der Waals surface area contributed by atoms with Crippen molar-refractivity contribution >= 4 is 23.1 Å². The van der Waals surface area contributed by atoms with E-state index >= 15 is 0 Å². The number of hydrogen-bond acceptors (Lipinski definition) is 2. The zero-order chi connectivity index (χ0) is 14.9. The maximum atomic E-state index is 12.4. The highest BCUT2D eigenvalue weighted by Gasteiger charge is 2.12. The van der Waals surface area contributed by atoms with Gasteiger partial charge in [-0.1, -0.05) is 29.3 Å². The van der Waals surface area contributed by atoms with Crippen LogP contribution >= 0.6 is 11.6 Å². The number of halogens is 1. The van der Waals surface area contributed by atoms with Gasteiger partial charge < -0.3 is 5.73 Å². The number of benzene rings is 2. The third-order valence-corrected chi connectivity index (χ3v) is 3.64. The molecule has 0 fully saturated rings. The molecule has 2 aromatic carbocycles. The number of nitrogens with two attached hydrogens (primary N) is 1. The third kappa shape index (κ3) is 3.20. The molecule has 2 rings (SSSR count). The molecular formula is C17H18ClNO. The Kier molecular flexibility index (Phi) is 4.15. The third-order valence-electron chi connectivity index (χ3n) is 3.42. The maximum absolute atomic E-state index is 12.4. The van der Waals surface area contributed by atoms with Crippen molar-refractivity contribution in [3.05, 3.63) is 63.2 Å². The van der Waals surface area contributed by atoms with Crippen molar-refractivity contribution in [2.24, 2.45) is 0 Å². The molecule has 0 heterocycles. The second-order valence-corrected chi connectivity index (χ2v) is 5.69. The number of Topliss-reactive ketones (excluding diaryl/α,β-unsaturated/α-hetero) is 1. The Labute approximate surface area is 124 Å². The van der Waals surface area contributed by atoms with Crippen molar-refractivity contribution in [1.82, 2.24) is 0 Å². The minimum atomic E-state index is 0.0363. The van der Waals surface area contributed by atoms with Crippen molar-refractivity contribution in [1.29, 1.82) is 0 Å². The topological polar surface area (TPSA) is 43.1 Å². The smallest absolute Gasteiger partial charge is 0.167 e. The van der Waals surface area contributed by atoms with Gasteiger partial charge in [-0.3, -0.25) is 4.79 Å². The number of nitrogen functional groups attached to an aromatic ring is 1. The zero-order valence-corrected chi connectivity index (χ0v) is 12.7. The van der Waals surface area contributed by atoms with Gasteiger partial charge >= 0.3 is 0 Å². The van der Waals surface area contributed by atoms with E-state index in [-0.39, 0.29) is 5.78 Å². The molecule has 0 radical (unpaired) electrons. The lowest BCUT2D eigenvalue weighted by molar-refractivity contribution is 0.0992. The van der Waals surface area contributed by atoms with Gasteiger partial charge in [0.1, 0.15) is 0 Å². The van der Waals surface area contributed by atoms with E-state index in [9.17, 15) is 4.79 Å². The normalized spacial score (nSPS) is 10.6. The lowest BCUT2D eigenvalue weighted by atomic mass is 9.94. The average Bonchev–Trinajstić information content (AvgIpc) is 2.32. The number of carbonyl (C=O) groups is 1. The lowest BCUT2D eigenvalue weighted by Gasteiger charge is -2.11. The second-order valence-electron chi connectivity index (χ2n) is 5.25. The van der Waals surface area contributed by atoms with E-state index in [0.29, 0.717) is 22.7 Å². The van der Waals surface area contributed by atoms with Crippen molar-refractivity contribution in [2.75, 3.05) is 5.73 Å². The molecule has 0 amide bonds. The SMILES string of the molecule is Cc1cc(C)c(CC(=O)c2cc(N)cc(Cl)c2)c(C)c1. The molecule has 0 aromatic heterocycles.